The second kappa shape index (κ2) is 5.80. The molecule has 2 aliphatic heterocycles. The Bertz CT molecular complexity index is 172. The van der Waals surface area contributed by atoms with E-state index in [0.717, 1.165) is 32.5 Å². The van der Waals surface area contributed by atoms with Crippen LogP contribution in [0.1, 0.15) is 32.1 Å². The summed E-state index contributed by atoms with van der Waals surface area (Å²) in [5.74, 6) is 0. The molecule has 2 aliphatic rings. The van der Waals surface area contributed by atoms with Crippen LogP contribution in [0.4, 0.5) is 4.39 Å². The van der Waals surface area contributed by atoms with Gasteiger partial charge in [-0.3, -0.25) is 0 Å². The van der Waals surface area contributed by atoms with Crippen LogP contribution < -0.4 is 0 Å². The Balaban J connectivity index is 1.60. The van der Waals surface area contributed by atoms with Crippen molar-refractivity contribution >= 4 is 0 Å². The molecule has 0 amide bonds. The van der Waals surface area contributed by atoms with Crippen LogP contribution in [0.3, 0.4) is 0 Å². The van der Waals surface area contributed by atoms with Gasteiger partial charge in [-0.25, -0.2) is 4.39 Å². The average molecular weight is 214 g/mol. The lowest BCUT2D eigenvalue weighted by Crippen LogP contribution is -2.41. The molecule has 0 spiro atoms. The molecule has 2 nitrogen and oxygen atoms in total. The molecular formula is C12H23FN2. The maximum absolute atomic E-state index is 12.9. The predicted octanol–water partition coefficient (Wildman–Crippen LogP) is 1.91. The van der Waals surface area contributed by atoms with Crippen molar-refractivity contribution in [3.05, 3.63) is 0 Å². The van der Waals surface area contributed by atoms with E-state index in [1.165, 1.54) is 38.9 Å². The Labute approximate surface area is 92.4 Å². The number of likely N-dealkylation sites (tertiary alicyclic amines) is 2. The van der Waals surface area contributed by atoms with Gasteiger partial charge in [-0.2, -0.15) is 0 Å². The van der Waals surface area contributed by atoms with Crippen molar-refractivity contribution in [1.29, 1.82) is 0 Å². The molecule has 3 heteroatoms. The molecule has 0 aliphatic carbocycles. The molecule has 15 heavy (non-hydrogen) atoms. The van der Waals surface area contributed by atoms with Gasteiger partial charge in [0.15, 0.2) is 0 Å². The summed E-state index contributed by atoms with van der Waals surface area (Å²) in [6, 6.07) is 0. The number of alkyl halides is 1. The largest absolute Gasteiger partial charge is 0.302 e. The van der Waals surface area contributed by atoms with Crippen LogP contribution in [0.2, 0.25) is 0 Å². The summed E-state index contributed by atoms with van der Waals surface area (Å²) in [5.41, 5.74) is 0. The first-order chi connectivity index (χ1) is 7.34. The highest BCUT2D eigenvalue weighted by Gasteiger charge is 2.18. The van der Waals surface area contributed by atoms with Gasteiger partial charge in [0.25, 0.3) is 0 Å². The molecule has 0 atom stereocenters. The van der Waals surface area contributed by atoms with Crippen LogP contribution in [-0.4, -0.2) is 55.2 Å². The van der Waals surface area contributed by atoms with Gasteiger partial charge in [0.1, 0.15) is 6.17 Å². The van der Waals surface area contributed by atoms with Crippen LogP contribution in [0.15, 0.2) is 0 Å². The van der Waals surface area contributed by atoms with E-state index < -0.39 is 6.17 Å². The van der Waals surface area contributed by atoms with Gasteiger partial charge in [-0.15, -0.1) is 0 Å². The normalized spacial score (nSPS) is 27.0. The molecule has 2 saturated heterocycles. The number of hydrogen-bond donors (Lipinski definition) is 0. The van der Waals surface area contributed by atoms with Crippen molar-refractivity contribution in [2.75, 3.05) is 39.3 Å². The fourth-order valence-corrected chi connectivity index (χ4v) is 2.59. The van der Waals surface area contributed by atoms with Crippen LogP contribution in [0.5, 0.6) is 0 Å². The van der Waals surface area contributed by atoms with E-state index in [-0.39, 0.29) is 0 Å². The minimum Gasteiger partial charge on any atom is -0.302 e. The molecular weight excluding hydrogens is 191 g/mol. The lowest BCUT2D eigenvalue weighted by Gasteiger charge is -2.32. The van der Waals surface area contributed by atoms with Crippen molar-refractivity contribution in [2.24, 2.45) is 0 Å². The minimum absolute atomic E-state index is 0.531. The van der Waals surface area contributed by atoms with Crippen molar-refractivity contribution in [1.82, 2.24) is 9.80 Å². The van der Waals surface area contributed by atoms with E-state index in [1.807, 2.05) is 0 Å². The zero-order chi connectivity index (χ0) is 10.5. The molecule has 2 heterocycles. The van der Waals surface area contributed by atoms with E-state index in [2.05, 4.69) is 9.80 Å². The first-order valence-electron chi connectivity index (χ1n) is 6.43. The van der Waals surface area contributed by atoms with Crippen LogP contribution in [0.25, 0.3) is 0 Å². The highest BCUT2D eigenvalue weighted by atomic mass is 19.1. The molecule has 0 aromatic carbocycles. The maximum Gasteiger partial charge on any atom is 0.103 e. The molecule has 2 fully saturated rings. The van der Waals surface area contributed by atoms with Gasteiger partial charge in [0, 0.05) is 26.2 Å². The first-order valence-corrected chi connectivity index (χ1v) is 6.43. The SMILES string of the molecule is FC1CCN(CCN2CCCCC2)CC1. The van der Waals surface area contributed by atoms with Gasteiger partial charge in [-0.1, -0.05) is 6.42 Å². The van der Waals surface area contributed by atoms with Crippen LogP contribution in [0, 0.1) is 0 Å². The van der Waals surface area contributed by atoms with Crippen molar-refractivity contribution < 1.29 is 4.39 Å². The van der Waals surface area contributed by atoms with Crippen LogP contribution >= 0.6 is 0 Å². The molecule has 0 N–H and O–H groups in total. The number of halogens is 1. The van der Waals surface area contributed by atoms with Gasteiger partial charge < -0.3 is 9.80 Å². The third-order valence-electron chi connectivity index (χ3n) is 3.70. The van der Waals surface area contributed by atoms with E-state index in [0.29, 0.717) is 0 Å². The Morgan fingerprint density at radius 1 is 0.800 bits per heavy atom. The van der Waals surface area contributed by atoms with Crippen molar-refractivity contribution in [3.63, 3.8) is 0 Å². The number of hydrogen-bond acceptors (Lipinski definition) is 2. The lowest BCUT2D eigenvalue weighted by atomic mass is 10.1. The van der Waals surface area contributed by atoms with E-state index in [1.54, 1.807) is 0 Å². The van der Waals surface area contributed by atoms with Crippen molar-refractivity contribution in [3.8, 4) is 0 Å². The van der Waals surface area contributed by atoms with E-state index in [9.17, 15) is 4.39 Å². The summed E-state index contributed by atoms with van der Waals surface area (Å²) in [5, 5.41) is 0. The predicted molar refractivity (Wildman–Crippen MR) is 60.9 cm³/mol. The first kappa shape index (κ1) is 11.3. The van der Waals surface area contributed by atoms with E-state index in [4.69, 9.17) is 0 Å². The molecule has 2 rings (SSSR count). The van der Waals surface area contributed by atoms with Crippen molar-refractivity contribution in [2.45, 2.75) is 38.3 Å². The third-order valence-corrected chi connectivity index (χ3v) is 3.70. The molecule has 0 saturated carbocycles. The fourth-order valence-electron chi connectivity index (χ4n) is 2.59. The monoisotopic (exact) mass is 214 g/mol. The van der Waals surface area contributed by atoms with Crippen LogP contribution in [-0.2, 0) is 0 Å². The Kier molecular flexibility index (Phi) is 4.39. The quantitative estimate of drug-likeness (QED) is 0.708. The highest BCUT2D eigenvalue weighted by Crippen LogP contribution is 2.13. The zero-order valence-electron chi connectivity index (χ0n) is 9.63. The summed E-state index contributed by atoms with van der Waals surface area (Å²) in [4.78, 5) is 4.98. The smallest absolute Gasteiger partial charge is 0.103 e. The topological polar surface area (TPSA) is 6.48 Å². The van der Waals surface area contributed by atoms with Gasteiger partial charge in [-0.05, 0) is 38.8 Å². The fraction of sp³-hybridized carbons (Fsp3) is 1.00. The molecule has 88 valence electrons. The molecule has 0 aromatic heterocycles. The maximum atomic E-state index is 12.9. The summed E-state index contributed by atoms with van der Waals surface area (Å²) >= 11 is 0. The third kappa shape index (κ3) is 3.72. The second-order valence-corrected chi connectivity index (χ2v) is 4.92. The van der Waals surface area contributed by atoms with E-state index >= 15 is 0 Å². The number of nitrogens with zero attached hydrogens (tertiary/aromatic N) is 2. The summed E-state index contributed by atoms with van der Waals surface area (Å²) in [7, 11) is 0. The molecule has 0 unspecified atom stereocenters. The molecule has 0 bridgehead atoms. The summed E-state index contributed by atoms with van der Waals surface area (Å²) in [6.07, 6.45) is 5.11. The van der Waals surface area contributed by atoms with Gasteiger partial charge in [0.05, 0.1) is 0 Å². The minimum atomic E-state index is -0.531. The standard InChI is InChI=1S/C12H23FN2/c13-12-4-8-15(9-5-12)11-10-14-6-2-1-3-7-14/h12H,1-11H2. The summed E-state index contributed by atoms with van der Waals surface area (Å²) in [6.45, 7) is 6.83. The Morgan fingerprint density at radius 2 is 1.33 bits per heavy atom. The number of piperidine rings is 2. The highest BCUT2D eigenvalue weighted by molar-refractivity contribution is 4.73. The molecule has 0 radical (unpaired) electrons. The lowest BCUT2D eigenvalue weighted by molar-refractivity contribution is 0.127. The Hall–Kier alpha value is -0.150. The Morgan fingerprint density at radius 3 is 1.93 bits per heavy atom. The second-order valence-electron chi connectivity index (χ2n) is 4.92. The molecule has 0 aromatic rings. The van der Waals surface area contributed by atoms with Gasteiger partial charge in [0.2, 0.25) is 0 Å². The number of rotatable bonds is 3. The van der Waals surface area contributed by atoms with Gasteiger partial charge >= 0.3 is 0 Å². The average Bonchev–Trinajstić information content (AvgIpc) is 2.30. The summed E-state index contributed by atoms with van der Waals surface area (Å²) < 4.78 is 12.9. The zero-order valence-corrected chi connectivity index (χ0v) is 9.63.